The Bertz CT molecular complexity index is 298. The van der Waals surface area contributed by atoms with E-state index in [1.54, 1.807) is 0 Å². The van der Waals surface area contributed by atoms with E-state index in [1.165, 1.54) is 103 Å². The Balaban J connectivity index is 3.30. The van der Waals surface area contributed by atoms with Gasteiger partial charge in [-0.2, -0.15) is 14.3 Å². The van der Waals surface area contributed by atoms with Gasteiger partial charge in [0.25, 0.3) is 0 Å². The van der Waals surface area contributed by atoms with Gasteiger partial charge in [-0.1, -0.05) is 123 Å². The predicted molar refractivity (Wildman–Crippen MR) is 126 cm³/mol. The topological polar surface area (TPSA) is 49.7 Å². The maximum Gasteiger partial charge on any atom is 0.406 e. The summed E-state index contributed by atoms with van der Waals surface area (Å²) in [6, 6.07) is 0. The minimum atomic E-state index is -3.09. The van der Waals surface area contributed by atoms with Crippen LogP contribution in [0.3, 0.4) is 0 Å². The molecule has 0 saturated carbocycles. The van der Waals surface area contributed by atoms with Crippen LogP contribution in [0.5, 0.6) is 0 Å². The Labute approximate surface area is 177 Å². The molecule has 2 N–H and O–H groups in total. The normalized spacial score (nSPS) is 12.0. The summed E-state index contributed by atoms with van der Waals surface area (Å²) in [6.45, 7) is 5.02. The molecule has 0 heterocycles. The summed E-state index contributed by atoms with van der Waals surface area (Å²) in [7, 11) is -3.09. The van der Waals surface area contributed by atoms with Gasteiger partial charge >= 0.3 is 7.94 Å². The molecule has 4 heteroatoms. The molecule has 28 heavy (non-hydrogen) atoms. The smallest absolute Gasteiger partial charge is 0.193 e. The van der Waals surface area contributed by atoms with Crippen molar-refractivity contribution >= 4 is 7.94 Å². The van der Waals surface area contributed by atoms with Crippen molar-refractivity contribution in [2.24, 2.45) is 0 Å². The number of hydrogen-bond acceptors (Lipinski definition) is 3. The monoisotopic (exact) mass is 419 g/mol. The lowest BCUT2D eigenvalue weighted by Gasteiger charge is -2.11. The molecule has 0 aromatic heterocycles. The molecule has 0 fully saturated rings. The first-order valence-corrected chi connectivity index (χ1v) is 14.4. The fourth-order valence-corrected chi connectivity index (χ4v) is 4.86. The summed E-state index contributed by atoms with van der Waals surface area (Å²) in [6.07, 6.45) is 25.9. The summed E-state index contributed by atoms with van der Waals surface area (Å²) < 4.78 is 5.41. The van der Waals surface area contributed by atoms with E-state index < -0.39 is 7.94 Å². The quantitative estimate of drug-likeness (QED) is 0.129. The first kappa shape index (κ1) is 28.3. The van der Waals surface area contributed by atoms with E-state index >= 15 is 0 Å². The average Bonchev–Trinajstić information content (AvgIpc) is 2.67. The van der Waals surface area contributed by atoms with Crippen molar-refractivity contribution in [2.75, 3.05) is 12.8 Å². The van der Waals surface area contributed by atoms with E-state index in [4.69, 9.17) is 4.52 Å². The van der Waals surface area contributed by atoms with Crippen LogP contribution >= 0.6 is 7.94 Å². The van der Waals surface area contributed by atoms with Crippen LogP contribution < -0.4 is 0 Å². The summed E-state index contributed by atoms with van der Waals surface area (Å²) in [5.41, 5.74) is 0. The first-order chi connectivity index (χ1) is 13.6. The van der Waals surface area contributed by atoms with Crippen molar-refractivity contribution in [3.8, 4) is 0 Å². The standard InChI is InChI=1S/C24H52O3P/c1-3-5-7-9-11-13-15-17-19-21-23-27-28(25,26)24-22-20-18-16-14-12-10-8-6-4-2/h25-26H,3-24H2,1-2H3/q+1. The van der Waals surface area contributed by atoms with Gasteiger partial charge in [-0.15, -0.1) is 0 Å². The van der Waals surface area contributed by atoms with E-state index in [0.29, 0.717) is 12.8 Å². The zero-order chi connectivity index (χ0) is 20.8. The summed E-state index contributed by atoms with van der Waals surface area (Å²) in [5.74, 6) is 0. The maximum atomic E-state index is 10.0. The third-order valence-corrected chi connectivity index (χ3v) is 7.09. The minimum Gasteiger partial charge on any atom is -0.193 e. The van der Waals surface area contributed by atoms with E-state index in [-0.39, 0.29) is 0 Å². The average molecular weight is 420 g/mol. The van der Waals surface area contributed by atoms with Gasteiger partial charge in [0.05, 0.1) is 6.61 Å². The highest BCUT2D eigenvalue weighted by Crippen LogP contribution is 2.51. The second kappa shape index (κ2) is 22.0. The molecular formula is C24H52O3P+. The SMILES string of the molecule is CCCCCCCCCCCCO[P+](O)(O)CCCCCCCCCCCC. The summed E-state index contributed by atoms with van der Waals surface area (Å²) in [5, 5.41) is 0. The highest BCUT2D eigenvalue weighted by molar-refractivity contribution is 7.59. The molecule has 0 atom stereocenters. The van der Waals surface area contributed by atoms with Crippen LogP contribution in [-0.4, -0.2) is 22.6 Å². The van der Waals surface area contributed by atoms with Crippen molar-refractivity contribution in [2.45, 2.75) is 142 Å². The number of rotatable bonds is 23. The first-order valence-electron chi connectivity index (χ1n) is 12.6. The molecule has 0 spiro atoms. The van der Waals surface area contributed by atoms with Gasteiger partial charge < -0.3 is 0 Å². The number of unbranched alkanes of at least 4 members (excludes halogenated alkanes) is 18. The van der Waals surface area contributed by atoms with Gasteiger partial charge in [0.1, 0.15) is 6.16 Å². The van der Waals surface area contributed by atoms with E-state index in [2.05, 4.69) is 13.8 Å². The van der Waals surface area contributed by atoms with Crippen molar-refractivity contribution in [3.63, 3.8) is 0 Å². The van der Waals surface area contributed by atoms with Gasteiger partial charge in [-0.25, -0.2) is 0 Å². The third kappa shape index (κ3) is 22.6. The Morgan fingerprint density at radius 1 is 0.464 bits per heavy atom. The van der Waals surface area contributed by atoms with Crippen LogP contribution in [0.15, 0.2) is 0 Å². The fourth-order valence-electron chi connectivity index (χ4n) is 3.67. The molecule has 0 aliphatic heterocycles. The van der Waals surface area contributed by atoms with E-state index in [1.807, 2.05) is 0 Å². The largest absolute Gasteiger partial charge is 0.406 e. The molecule has 0 bridgehead atoms. The number of hydrogen-bond donors (Lipinski definition) is 2. The molecular weight excluding hydrogens is 367 g/mol. The molecule has 0 rings (SSSR count). The molecule has 0 radical (unpaired) electrons. The van der Waals surface area contributed by atoms with Gasteiger partial charge in [0, 0.05) is 0 Å². The Kier molecular flexibility index (Phi) is 22.2. The molecule has 0 aliphatic rings. The zero-order valence-corrected chi connectivity index (χ0v) is 20.2. The molecule has 0 unspecified atom stereocenters. The van der Waals surface area contributed by atoms with Crippen LogP contribution in [0.4, 0.5) is 0 Å². The van der Waals surface area contributed by atoms with Gasteiger partial charge in [-0.3, -0.25) is 0 Å². The second-order valence-electron chi connectivity index (χ2n) is 8.59. The predicted octanol–water partition coefficient (Wildman–Crippen LogP) is 8.59. The maximum absolute atomic E-state index is 10.0. The van der Waals surface area contributed by atoms with Crippen molar-refractivity contribution in [3.05, 3.63) is 0 Å². The molecule has 0 aliphatic carbocycles. The van der Waals surface area contributed by atoms with Crippen molar-refractivity contribution < 1.29 is 14.3 Å². The highest BCUT2D eigenvalue weighted by Gasteiger charge is 2.34. The van der Waals surface area contributed by atoms with Gasteiger partial charge in [-0.05, 0) is 19.3 Å². The fraction of sp³-hybridized carbons (Fsp3) is 1.00. The molecule has 0 saturated heterocycles. The van der Waals surface area contributed by atoms with E-state index in [0.717, 1.165) is 25.7 Å². The van der Waals surface area contributed by atoms with Crippen LogP contribution in [0, 0.1) is 0 Å². The highest BCUT2D eigenvalue weighted by atomic mass is 31.2. The lowest BCUT2D eigenvalue weighted by Crippen LogP contribution is -2.03. The van der Waals surface area contributed by atoms with Gasteiger partial charge in [0.15, 0.2) is 0 Å². The molecule has 170 valence electrons. The molecule has 3 nitrogen and oxygen atoms in total. The molecule has 0 aromatic carbocycles. The Hall–Kier alpha value is 0.310. The lowest BCUT2D eigenvalue weighted by atomic mass is 10.1. The van der Waals surface area contributed by atoms with Gasteiger partial charge in [0.2, 0.25) is 0 Å². The zero-order valence-electron chi connectivity index (χ0n) is 19.3. The van der Waals surface area contributed by atoms with Crippen LogP contribution in [-0.2, 0) is 4.52 Å². The summed E-state index contributed by atoms with van der Waals surface area (Å²) in [4.78, 5) is 20.1. The Morgan fingerprint density at radius 2 is 0.786 bits per heavy atom. The molecule has 0 aromatic rings. The molecule has 0 amide bonds. The minimum absolute atomic E-state index is 0.446. The lowest BCUT2D eigenvalue weighted by molar-refractivity contribution is 0.222. The van der Waals surface area contributed by atoms with E-state index in [9.17, 15) is 9.79 Å². The van der Waals surface area contributed by atoms with Crippen LogP contribution in [0.2, 0.25) is 0 Å². The second-order valence-corrected chi connectivity index (χ2v) is 10.6. The summed E-state index contributed by atoms with van der Waals surface area (Å²) >= 11 is 0. The third-order valence-electron chi connectivity index (χ3n) is 5.60. The van der Waals surface area contributed by atoms with Crippen LogP contribution in [0.1, 0.15) is 142 Å². The van der Waals surface area contributed by atoms with Crippen LogP contribution in [0.25, 0.3) is 0 Å². The Morgan fingerprint density at radius 3 is 1.18 bits per heavy atom. The van der Waals surface area contributed by atoms with Crippen molar-refractivity contribution in [1.82, 2.24) is 0 Å². The van der Waals surface area contributed by atoms with Crippen molar-refractivity contribution in [1.29, 1.82) is 0 Å².